The first-order valence-electron chi connectivity index (χ1n) is 8.35. The smallest absolute Gasteiger partial charge is 0.269 e. The summed E-state index contributed by atoms with van der Waals surface area (Å²) in [5.74, 6) is -0.831. The molecule has 0 aliphatic heterocycles. The minimum Gasteiger partial charge on any atom is -0.872 e. The number of carbonyl (C=O) groups excluding carboxylic acids is 1. The molecule has 3 aromatic rings. The fraction of sp³-hybridized carbons (Fsp3) is 0.105. The fourth-order valence-corrected chi connectivity index (χ4v) is 2.46. The molecule has 0 atom stereocenters. The number of nitrogens with one attached hydrogen (secondary N) is 1. The Morgan fingerprint density at radius 3 is 2.75 bits per heavy atom. The average Bonchev–Trinajstić information content (AvgIpc) is 3.13. The van der Waals surface area contributed by atoms with Gasteiger partial charge in [0, 0.05) is 24.8 Å². The van der Waals surface area contributed by atoms with Crippen molar-refractivity contribution in [2.24, 2.45) is 0 Å². The minimum absolute atomic E-state index is 0.107. The number of carbonyl (C=O) groups is 1. The molecule has 0 radical (unpaired) electrons. The summed E-state index contributed by atoms with van der Waals surface area (Å²) < 4.78 is 1.65. The lowest BCUT2D eigenvalue weighted by Crippen LogP contribution is -2.21. The number of nitro benzene ring substituents is 1. The number of amides is 1. The van der Waals surface area contributed by atoms with Crippen molar-refractivity contribution in [1.29, 1.82) is 0 Å². The highest BCUT2D eigenvalue weighted by atomic mass is 16.6. The van der Waals surface area contributed by atoms with Crippen LogP contribution in [0.25, 0.3) is 6.08 Å². The molecule has 2 aromatic carbocycles. The highest BCUT2D eigenvalue weighted by Crippen LogP contribution is 2.20. The zero-order valence-corrected chi connectivity index (χ0v) is 14.7. The van der Waals surface area contributed by atoms with Crippen LogP contribution in [0.5, 0.6) is 5.75 Å². The Hall–Kier alpha value is -4.01. The van der Waals surface area contributed by atoms with E-state index in [-0.39, 0.29) is 23.5 Å². The molecule has 3 rings (SSSR count). The van der Waals surface area contributed by atoms with E-state index in [0.717, 1.165) is 23.8 Å². The van der Waals surface area contributed by atoms with Gasteiger partial charge in [0.15, 0.2) is 0 Å². The highest BCUT2D eigenvalue weighted by molar-refractivity contribution is 5.91. The zero-order valence-electron chi connectivity index (χ0n) is 14.7. The molecule has 0 bridgehead atoms. The van der Waals surface area contributed by atoms with Gasteiger partial charge in [-0.3, -0.25) is 14.9 Å². The molecule has 0 unspecified atom stereocenters. The number of non-ortho nitro benzene ring substituents is 1. The summed E-state index contributed by atoms with van der Waals surface area (Å²) in [6.07, 6.45) is 4.46. The molecule has 9 heteroatoms. The summed E-state index contributed by atoms with van der Waals surface area (Å²) >= 11 is 0. The van der Waals surface area contributed by atoms with Crippen LogP contribution in [0, 0.1) is 10.1 Å². The van der Waals surface area contributed by atoms with E-state index in [1.54, 1.807) is 10.9 Å². The second kappa shape index (κ2) is 8.58. The SMILES string of the molecule is O=C(/C=C/c1cn(Cc2ccccc2)nn1)NCc1cc([N+](=O)[O-])ccc1[O-]. The van der Waals surface area contributed by atoms with Crippen LogP contribution in [0.2, 0.25) is 0 Å². The second-order valence-electron chi connectivity index (χ2n) is 5.93. The van der Waals surface area contributed by atoms with Gasteiger partial charge in [0.2, 0.25) is 5.91 Å². The van der Waals surface area contributed by atoms with Crippen molar-refractivity contribution in [1.82, 2.24) is 20.3 Å². The molecule has 0 fully saturated rings. The Balaban J connectivity index is 1.56. The summed E-state index contributed by atoms with van der Waals surface area (Å²) in [4.78, 5) is 22.1. The van der Waals surface area contributed by atoms with Gasteiger partial charge in [0.25, 0.3) is 5.69 Å². The van der Waals surface area contributed by atoms with Crippen LogP contribution in [0.15, 0.2) is 60.8 Å². The first kappa shape index (κ1) is 18.8. The van der Waals surface area contributed by atoms with E-state index in [0.29, 0.717) is 12.2 Å². The van der Waals surface area contributed by atoms with Crippen LogP contribution < -0.4 is 10.4 Å². The number of hydrogen-bond acceptors (Lipinski definition) is 6. The van der Waals surface area contributed by atoms with Crippen molar-refractivity contribution >= 4 is 17.7 Å². The minimum atomic E-state index is -0.594. The maximum atomic E-state index is 11.9. The van der Waals surface area contributed by atoms with Crippen LogP contribution in [0.4, 0.5) is 5.69 Å². The highest BCUT2D eigenvalue weighted by Gasteiger charge is 2.07. The van der Waals surface area contributed by atoms with E-state index in [1.807, 2.05) is 30.3 Å². The van der Waals surface area contributed by atoms with Crippen molar-refractivity contribution in [2.75, 3.05) is 0 Å². The number of rotatable bonds is 7. The third-order valence-electron chi connectivity index (χ3n) is 3.86. The van der Waals surface area contributed by atoms with Crippen molar-refractivity contribution in [3.8, 4) is 5.75 Å². The van der Waals surface area contributed by atoms with Crippen LogP contribution in [-0.2, 0) is 17.9 Å². The van der Waals surface area contributed by atoms with E-state index in [2.05, 4.69) is 15.6 Å². The normalized spacial score (nSPS) is 10.9. The van der Waals surface area contributed by atoms with Gasteiger partial charge in [-0.05, 0) is 17.2 Å². The Morgan fingerprint density at radius 2 is 2.00 bits per heavy atom. The van der Waals surface area contributed by atoms with Gasteiger partial charge < -0.3 is 10.4 Å². The topological polar surface area (TPSA) is 126 Å². The molecule has 28 heavy (non-hydrogen) atoms. The van der Waals surface area contributed by atoms with Gasteiger partial charge in [-0.15, -0.1) is 10.8 Å². The number of hydrogen-bond donors (Lipinski definition) is 1. The zero-order chi connectivity index (χ0) is 19.9. The molecule has 1 N–H and O–H groups in total. The summed E-state index contributed by atoms with van der Waals surface area (Å²) in [6, 6.07) is 13.2. The maximum Gasteiger partial charge on any atom is 0.269 e. The summed E-state index contributed by atoms with van der Waals surface area (Å²) in [6.45, 7) is 0.456. The predicted molar refractivity (Wildman–Crippen MR) is 99.0 cm³/mol. The first-order valence-corrected chi connectivity index (χ1v) is 8.35. The van der Waals surface area contributed by atoms with Gasteiger partial charge in [-0.25, -0.2) is 4.68 Å². The second-order valence-corrected chi connectivity index (χ2v) is 5.93. The summed E-state index contributed by atoms with van der Waals surface area (Å²) in [7, 11) is 0. The molecular formula is C19H16N5O4-. The standard InChI is InChI=1S/C19H17N5O4/c25-18-8-7-17(24(27)28)10-15(18)11-20-19(26)9-6-16-13-23(22-21-16)12-14-4-2-1-3-5-14/h1-10,13,25H,11-12H2,(H,20,26)/p-1/b9-6+. The Labute approximate surface area is 160 Å². The molecule has 1 heterocycles. The fourth-order valence-electron chi connectivity index (χ4n) is 2.46. The molecule has 0 saturated carbocycles. The Bertz CT molecular complexity index is 1010. The first-order chi connectivity index (χ1) is 13.5. The lowest BCUT2D eigenvalue weighted by molar-refractivity contribution is -0.385. The van der Waals surface area contributed by atoms with Gasteiger partial charge in [0.1, 0.15) is 5.69 Å². The van der Waals surface area contributed by atoms with Gasteiger partial charge in [-0.2, -0.15) is 0 Å². The van der Waals surface area contributed by atoms with E-state index < -0.39 is 10.8 Å². The molecule has 0 spiro atoms. The number of benzene rings is 2. The largest absolute Gasteiger partial charge is 0.872 e. The molecule has 0 saturated heterocycles. The van der Waals surface area contributed by atoms with Crippen molar-refractivity contribution in [3.05, 3.63) is 87.7 Å². The Morgan fingerprint density at radius 1 is 1.21 bits per heavy atom. The third-order valence-corrected chi connectivity index (χ3v) is 3.86. The lowest BCUT2D eigenvalue weighted by atomic mass is 10.1. The number of nitro groups is 1. The summed E-state index contributed by atoms with van der Waals surface area (Å²) in [5, 5.41) is 33.0. The van der Waals surface area contributed by atoms with Crippen LogP contribution in [0.3, 0.4) is 0 Å². The van der Waals surface area contributed by atoms with Crippen molar-refractivity contribution in [2.45, 2.75) is 13.1 Å². The Kier molecular flexibility index (Phi) is 5.75. The molecule has 142 valence electrons. The predicted octanol–water partition coefficient (Wildman–Crippen LogP) is 1.64. The summed E-state index contributed by atoms with van der Waals surface area (Å²) in [5.41, 5.74) is 1.52. The molecule has 1 aromatic heterocycles. The molecule has 9 nitrogen and oxygen atoms in total. The maximum absolute atomic E-state index is 11.9. The molecule has 0 aliphatic rings. The van der Waals surface area contributed by atoms with Crippen LogP contribution in [0.1, 0.15) is 16.8 Å². The van der Waals surface area contributed by atoms with Gasteiger partial charge in [-0.1, -0.05) is 41.6 Å². The molecule has 0 aliphatic carbocycles. The van der Waals surface area contributed by atoms with Crippen LogP contribution in [-0.4, -0.2) is 25.8 Å². The van der Waals surface area contributed by atoms with E-state index >= 15 is 0 Å². The van der Waals surface area contributed by atoms with Crippen molar-refractivity contribution in [3.63, 3.8) is 0 Å². The number of aromatic nitrogens is 3. The van der Waals surface area contributed by atoms with Crippen LogP contribution >= 0.6 is 0 Å². The molecular weight excluding hydrogens is 362 g/mol. The van der Waals surface area contributed by atoms with E-state index in [1.165, 1.54) is 12.2 Å². The third kappa shape index (κ3) is 5.01. The monoisotopic (exact) mass is 378 g/mol. The van der Waals surface area contributed by atoms with Crippen molar-refractivity contribution < 1.29 is 14.8 Å². The van der Waals surface area contributed by atoms with E-state index in [9.17, 15) is 20.0 Å². The quantitative estimate of drug-likeness (QED) is 0.378. The van der Waals surface area contributed by atoms with E-state index in [4.69, 9.17) is 0 Å². The molecule has 1 amide bonds. The van der Waals surface area contributed by atoms with Gasteiger partial charge >= 0.3 is 0 Å². The lowest BCUT2D eigenvalue weighted by Gasteiger charge is -2.12. The van der Waals surface area contributed by atoms with Gasteiger partial charge in [0.05, 0.1) is 17.7 Å². The average molecular weight is 378 g/mol. The number of nitrogens with zero attached hydrogens (tertiary/aromatic N) is 4.